The zero-order valence-electron chi connectivity index (χ0n) is 29.7. The van der Waals surface area contributed by atoms with E-state index in [1.807, 2.05) is 70.3 Å². The van der Waals surface area contributed by atoms with Crippen molar-refractivity contribution in [3.8, 4) is 5.75 Å². The smallest absolute Gasteiger partial charge is 0.321 e. The van der Waals surface area contributed by atoms with Crippen molar-refractivity contribution >= 4 is 49.0 Å². The number of thiazole rings is 1. The second kappa shape index (κ2) is 16.7. The second-order valence-electron chi connectivity index (χ2n) is 13.6. The lowest BCUT2D eigenvalue weighted by molar-refractivity contribution is -0.128. The van der Waals surface area contributed by atoms with Gasteiger partial charge in [0.25, 0.3) is 0 Å². The molecule has 1 aliphatic rings. The number of rotatable bonds is 17. The molecule has 51 heavy (non-hydrogen) atoms. The van der Waals surface area contributed by atoms with Crippen LogP contribution in [0.4, 0.5) is 10.5 Å². The van der Waals surface area contributed by atoms with Gasteiger partial charge in [0, 0.05) is 31.6 Å². The molecule has 3 atom stereocenters. The number of urea groups is 1. The number of carbonyl (C=O) groups is 2. The van der Waals surface area contributed by atoms with E-state index < -0.39 is 56.4 Å². The zero-order chi connectivity index (χ0) is 37.7. The lowest BCUT2D eigenvalue weighted by Crippen LogP contribution is -2.57. The van der Waals surface area contributed by atoms with E-state index in [1.165, 1.54) is 16.2 Å². The minimum atomic E-state index is -4.35. The molecule has 0 spiro atoms. The van der Waals surface area contributed by atoms with E-state index in [0.29, 0.717) is 19.6 Å². The molecule has 0 bridgehead atoms. The van der Waals surface area contributed by atoms with E-state index in [-0.39, 0.29) is 41.4 Å². The first-order valence-electron chi connectivity index (χ1n) is 16.7. The normalized spacial score (nSPS) is 15.8. The van der Waals surface area contributed by atoms with Crippen LogP contribution in [0.2, 0.25) is 0 Å². The summed E-state index contributed by atoms with van der Waals surface area (Å²) in [4.78, 5) is 35.0. The van der Waals surface area contributed by atoms with Gasteiger partial charge in [-0.15, -0.1) is 11.3 Å². The van der Waals surface area contributed by atoms with Crippen molar-refractivity contribution in [2.24, 2.45) is 11.8 Å². The summed E-state index contributed by atoms with van der Waals surface area (Å²) in [6, 6.07) is 10.3. The van der Waals surface area contributed by atoms with Gasteiger partial charge in [-0.1, -0.05) is 58.0 Å². The average molecular weight is 765 g/mol. The summed E-state index contributed by atoms with van der Waals surface area (Å²) >= 11 is 1.50. The van der Waals surface area contributed by atoms with Crippen LogP contribution in [0.3, 0.4) is 0 Å². The van der Waals surface area contributed by atoms with E-state index in [4.69, 9.17) is 0 Å². The highest BCUT2D eigenvalue weighted by Crippen LogP contribution is 2.29. The molecule has 0 aliphatic carbocycles. The second-order valence-corrected chi connectivity index (χ2v) is 18.3. The lowest BCUT2D eigenvalue weighted by atomic mass is 9.97. The number of aliphatic hydroxyl groups is 1. The minimum Gasteiger partial charge on any atom is -0.506 e. The number of sulfonamides is 2. The molecule has 0 unspecified atom stereocenters. The molecule has 14 nitrogen and oxygen atoms in total. The number of nitrogens with one attached hydrogen (secondary N) is 2. The minimum absolute atomic E-state index is 0.00758. The molecule has 1 aliphatic heterocycles. The van der Waals surface area contributed by atoms with Crippen LogP contribution in [0.25, 0.3) is 0 Å². The first kappa shape index (κ1) is 40.0. The van der Waals surface area contributed by atoms with Gasteiger partial charge in [-0.2, -0.15) is 4.31 Å². The number of aryl methyl sites for hydroxylation is 1. The lowest BCUT2D eigenvalue weighted by Gasteiger charge is -2.34. The van der Waals surface area contributed by atoms with Gasteiger partial charge in [-0.3, -0.25) is 9.52 Å². The van der Waals surface area contributed by atoms with E-state index in [0.717, 1.165) is 45.0 Å². The summed E-state index contributed by atoms with van der Waals surface area (Å²) in [6.07, 6.45) is -0.363. The summed E-state index contributed by atoms with van der Waals surface area (Å²) in [5.41, 5.74) is 1.26. The van der Waals surface area contributed by atoms with Crippen LogP contribution < -0.4 is 10.0 Å². The van der Waals surface area contributed by atoms with Gasteiger partial charge >= 0.3 is 6.03 Å². The summed E-state index contributed by atoms with van der Waals surface area (Å²) in [5.74, 6) is -1.40. The van der Waals surface area contributed by atoms with Crippen LogP contribution >= 0.6 is 11.3 Å². The van der Waals surface area contributed by atoms with Crippen molar-refractivity contribution in [1.82, 2.24) is 24.4 Å². The van der Waals surface area contributed by atoms with Gasteiger partial charge in [-0.05, 0) is 48.9 Å². The third-order valence-corrected chi connectivity index (χ3v) is 11.6. The number of phenols is 1. The molecule has 4 N–H and O–H groups in total. The van der Waals surface area contributed by atoms with E-state index >= 15 is 0 Å². The Hall–Kier alpha value is -3.77. The molecule has 280 valence electrons. The maximum absolute atomic E-state index is 14.1. The number of aromatic hydroxyl groups is 1. The molecule has 3 aromatic rings. The van der Waals surface area contributed by atoms with Gasteiger partial charge in [-0.25, -0.2) is 26.6 Å². The Kier molecular flexibility index (Phi) is 13.1. The molecule has 0 radical (unpaired) electrons. The number of carbonyl (C=O) groups excluding carboxylic acids is 2. The molecule has 17 heteroatoms. The number of aromatic nitrogens is 1. The van der Waals surface area contributed by atoms with Crippen molar-refractivity contribution in [2.75, 3.05) is 37.2 Å². The predicted molar refractivity (Wildman–Crippen MR) is 196 cm³/mol. The first-order valence-corrected chi connectivity index (χ1v) is 20.9. The molecule has 2 heterocycles. The fourth-order valence-corrected chi connectivity index (χ4v) is 8.84. The number of aliphatic hydroxyl groups excluding tert-OH is 1. The number of amides is 3. The van der Waals surface area contributed by atoms with Gasteiger partial charge in [0.15, 0.2) is 0 Å². The zero-order valence-corrected chi connectivity index (χ0v) is 32.1. The van der Waals surface area contributed by atoms with Crippen LogP contribution in [0, 0.1) is 18.8 Å². The molecular formula is C34H48N6O8S3. The third kappa shape index (κ3) is 10.6. The summed E-state index contributed by atoms with van der Waals surface area (Å²) in [6.45, 7) is 9.85. The van der Waals surface area contributed by atoms with Gasteiger partial charge < -0.3 is 25.3 Å². The van der Waals surface area contributed by atoms with E-state index in [1.54, 1.807) is 4.90 Å². The standard InChI is InChI=1S/C34H48N6O8S3/c1-22(2)18-39(51(47,48)27-12-13-30(41)29(17-27)37-50(6,45)46)20-31(42)28(16-25-10-8-7-9-11-25)36-33(43)32(23(3)4)40-15-14-38(34(40)44)19-26-21-49-24(5)35-26/h7-13,17,21-23,28,31-32,37,41-42H,14-16,18-20H2,1-6H3,(H,36,43)/t28-,31+,32-/m0/s1. The molecular weight excluding hydrogens is 717 g/mol. The Balaban J connectivity index is 1.60. The van der Waals surface area contributed by atoms with Crippen molar-refractivity contribution in [3.63, 3.8) is 0 Å². The Morgan fingerprint density at radius 3 is 2.31 bits per heavy atom. The Morgan fingerprint density at radius 2 is 1.73 bits per heavy atom. The summed E-state index contributed by atoms with van der Waals surface area (Å²) < 4.78 is 55.0. The van der Waals surface area contributed by atoms with E-state index in [2.05, 4.69) is 15.0 Å². The van der Waals surface area contributed by atoms with Gasteiger partial charge in [0.1, 0.15) is 11.8 Å². The maximum Gasteiger partial charge on any atom is 0.321 e. The van der Waals surface area contributed by atoms with E-state index in [9.17, 15) is 36.6 Å². The van der Waals surface area contributed by atoms with Gasteiger partial charge in [0.05, 0.1) is 46.2 Å². The number of hydrogen-bond donors (Lipinski definition) is 4. The molecule has 3 amide bonds. The van der Waals surface area contributed by atoms with Crippen molar-refractivity contribution in [2.45, 2.75) is 70.7 Å². The Morgan fingerprint density at radius 1 is 1.04 bits per heavy atom. The quantitative estimate of drug-likeness (QED) is 0.150. The Bertz CT molecular complexity index is 1890. The fraction of sp³-hybridized carbons (Fsp3) is 0.500. The third-order valence-electron chi connectivity index (χ3n) is 8.33. The molecule has 1 saturated heterocycles. The van der Waals surface area contributed by atoms with Gasteiger partial charge in [0.2, 0.25) is 26.0 Å². The summed E-state index contributed by atoms with van der Waals surface area (Å²) in [7, 11) is -8.19. The monoisotopic (exact) mass is 764 g/mol. The number of nitrogens with zero attached hydrogens (tertiary/aromatic N) is 4. The first-order chi connectivity index (χ1) is 23.9. The molecule has 0 saturated carbocycles. The number of anilines is 1. The SMILES string of the molecule is Cc1nc(CN2CCN([C@H](C(=O)N[C@@H](Cc3ccccc3)[C@H](O)CN(CC(C)C)S(=O)(=O)c3ccc(O)c(NS(C)(=O)=O)c3)C(C)C)C2=O)cs1. The highest BCUT2D eigenvalue weighted by Gasteiger charge is 2.40. The van der Waals surface area contributed by atoms with Crippen LogP contribution in [0.5, 0.6) is 5.75 Å². The maximum atomic E-state index is 14.1. The largest absolute Gasteiger partial charge is 0.506 e. The van der Waals surface area contributed by atoms with Crippen molar-refractivity contribution in [3.05, 3.63) is 70.2 Å². The van der Waals surface area contributed by atoms with Crippen LogP contribution in [-0.4, -0.2) is 109 Å². The predicted octanol–water partition coefficient (Wildman–Crippen LogP) is 3.23. The average Bonchev–Trinajstić information content (AvgIpc) is 3.61. The number of hydrogen-bond acceptors (Lipinski definition) is 10. The van der Waals surface area contributed by atoms with Crippen LogP contribution in [0.1, 0.15) is 44.0 Å². The fourth-order valence-electron chi connectivity index (χ4n) is 6.03. The highest BCUT2D eigenvalue weighted by atomic mass is 32.2. The van der Waals surface area contributed by atoms with Crippen molar-refractivity contribution < 1.29 is 36.6 Å². The topological polar surface area (TPSA) is 190 Å². The van der Waals surface area contributed by atoms with Crippen LogP contribution in [0.15, 0.2) is 58.8 Å². The molecule has 1 aromatic heterocycles. The molecule has 2 aromatic carbocycles. The highest BCUT2D eigenvalue weighted by molar-refractivity contribution is 7.92. The van der Waals surface area contributed by atoms with Crippen LogP contribution in [-0.2, 0) is 37.8 Å². The Labute approximate surface area is 304 Å². The molecule has 4 rings (SSSR count). The number of benzene rings is 2. The number of phenolic OH excluding ortho intramolecular Hbond substituents is 1. The summed E-state index contributed by atoms with van der Waals surface area (Å²) in [5, 5.41) is 27.7. The van der Waals surface area contributed by atoms with Crippen molar-refractivity contribution in [1.29, 1.82) is 0 Å². The molecule has 1 fully saturated rings.